The number of rotatable bonds is 35. The van der Waals surface area contributed by atoms with Crippen LogP contribution in [-0.4, -0.2) is 46.1 Å². The van der Waals surface area contributed by atoms with Crippen LogP contribution in [0.2, 0.25) is 0 Å². The minimum absolute atomic E-state index is 0.166. The normalized spacial score (nSPS) is 14.1. The number of carbonyl (C=O) groups excluding carboxylic acids is 1. The molecule has 0 heterocycles. The van der Waals surface area contributed by atoms with Crippen LogP contribution in [0.1, 0.15) is 194 Å². The van der Waals surface area contributed by atoms with Gasteiger partial charge in [0.05, 0.1) is 18.8 Å². The lowest BCUT2D eigenvalue weighted by Gasteiger charge is -2.26. The predicted octanol–water partition coefficient (Wildman–Crippen LogP) is 10.8. The average molecular weight is 648 g/mol. The maximum Gasteiger partial charge on any atom is 0.220 e. The third-order valence-electron chi connectivity index (χ3n) is 8.95. The van der Waals surface area contributed by atoms with Gasteiger partial charge in [0.25, 0.3) is 0 Å². The fraction of sp³-hybridized carbons (Fsp3) is 0.829. The molecule has 0 radical (unpaired) electrons. The predicted molar refractivity (Wildman–Crippen MR) is 199 cm³/mol. The molecule has 0 aliphatic heterocycles. The summed E-state index contributed by atoms with van der Waals surface area (Å²) in [6.07, 6.45) is 44.1. The lowest BCUT2D eigenvalue weighted by molar-refractivity contribution is -0.124. The van der Waals surface area contributed by atoms with E-state index in [1.807, 2.05) is 0 Å². The molecule has 0 fully saturated rings. The van der Waals surface area contributed by atoms with Crippen LogP contribution in [0.25, 0.3) is 0 Å². The van der Waals surface area contributed by atoms with Gasteiger partial charge in [-0.15, -0.1) is 0 Å². The summed E-state index contributed by atoms with van der Waals surface area (Å²) < 4.78 is 0. The molecule has 0 saturated heterocycles. The molecule has 0 aromatic heterocycles. The van der Waals surface area contributed by atoms with Crippen LogP contribution >= 0.6 is 0 Å². The quantitative estimate of drug-likeness (QED) is 0.0407. The van der Waals surface area contributed by atoms with Gasteiger partial charge >= 0.3 is 0 Å². The zero-order valence-corrected chi connectivity index (χ0v) is 30.5. The smallest absolute Gasteiger partial charge is 0.220 e. The first-order valence-electron chi connectivity index (χ1n) is 19.8. The first-order chi connectivity index (χ1) is 22.6. The largest absolute Gasteiger partial charge is 0.394 e. The van der Waals surface area contributed by atoms with Gasteiger partial charge < -0.3 is 20.6 Å². The molecule has 0 aliphatic carbocycles. The van der Waals surface area contributed by atoms with Crippen molar-refractivity contribution >= 4 is 5.91 Å². The molecule has 5 heteroatoms. The number of allylic oxidation sites excluding steroid dienone is 6. The van der Waals surface area contributed by atoms with E-state index in [0.29, 0.717) is 12.8 Å². The number of aliphatic hydroxyl groups is 3. The number of amides is 1. The van der Waals surface area contributed by atoms with Crippen LogP contribution in [0.4, 0.5) is 0 Å². The first-order valence-corrected chi connectivity index (χ1v) is 19.8. The van der Waals surface area contributed by atoms with E-state index in [1.165, 1.54) is 116 Å². The SMILES string of the molecule is CC/C=C/CC/C=C/CCCC(O)C(O)C(CO)NC(=O)CCCCCCCCC/C=C\CCCCCCCCCCCCCC. The Labute approximate surface area is 285 Å². The van der Waals surface area contributed by atoms with Crippen molar-refractivity contribution < 1.29 is 20.1 Å². The molecule has 0 saturated carbocycles. The molecule has 46 heavy (non-hydrogen) atoms. The summed E-state index contributed by atoms with van der Waals surface area (Å²) in [6, 6.07) is -0.831. The molecule has 4 N–H and O–H groups in total. The van der Waals surface area contributed by atoms with Crippen LogP contribution in [0.3, 0.4) is 0 Å². The van der Waals surface area contributed by atoms with E-state index in [-0.39, 0.29) is 12.5 Å². The number of carbonyl (C=O) groups is 1. The highest BCUT2D eigenvalue weighted by Crippen LogP contribution is 2.14. The maximum atomic E-state index is 12.3. The molecule has 270 valence electrons. The topological polar surface area (TPSA) is 89.8 Å². The summed E-state index contributed by atoms with van der Waals surface area (Å²) >= 11 is 0. The van der Waals surface area contributed by atoms with Crippen molar-refractivity contribution in [1.29, 1.82) is 0 Å². The fourth-order valence-corrected chi connectivity index (χ4v) is 5.88. The zero-order chi connectivity index (χ0) is 33.8. The van der Waals surface area contributed by atoms with Gasteiger partial charge in [0, 0.05) is 6.42 Å². The van der Waals surface area contributed by atoms with E-state index in [4.69, 9.17) is 0 Å². The maximum absolute atomic E-state index is 12.3. The van der Waals surface area contributed by atoms with Gasteiger partial charge in [-0.25, -0.2) is 0 Å². The average Bonchev–Trinajstić information content (AvgIpc) is 3.06. The number of unbranched alkanes of at least 4 members (excludes halogenated alkanes) is 21. The van der Waals surface area contributed by atoms with Crippen molar-refractivity contribution in [2.75, 3.05) is 6.61 Å². The summed E-state index contributed by atoms with van der Waals surface area (Å²) in [7, 11) is 0. The Morgan fingerprint density at radius 2 is 0.957 bits per heavy atom. The van der Waals surface area contributed by atoms with E-state index < -0.39 is 18.2 Å². The standard InChI is InChI=1S/C41H77NO4/c1-3-5-7-9-11-13-14-15-16-17-18-19-20-21-22-23-24-25-26-28-30-32-34-36-40(45)42-38(37-43)41(46)39(44)35-33-31-29-27-12-10-8-6-4-2/h6,8,21-22,27,29,38-39,41,43-44,46H,3-5,7,9-20,23-26,28,30-37H2,1-2H3,(H,42,45)/b8-6+,22-21-,29-27+. The van der Waals surface area contributed by atoms with E-state index in [2.05, 4.69) is 55.6 Å². The van der Waals surface area contributed by atoms with Crippen molar-refractivity contribution in [2.45, 2.75) is 212 Å². The zero-order valence-electron chi connectivity index (χ0n) is 30.5. The first kappa shape index (κ1) is 44.6. The second kappa shape index (κ2) is 36.4. The van der Waals surface area contributed by atoms with Gasteiger partial charge in [-0.1, -0.05) is 153 Å². The molecule has 0 spiro atoms. The molecule has 0 aromatic rings. The van der Waals surface area contributed by atoms with Gasteiger partial charge in [0.15, 0.2) is 0 Å². The third-order valence-corrected chi connectivity index (χ3v) is 8.95. The van der Waals surface area contributed by atoms with Crippen LogP contribution in [0.15, 0.2) is 36.5 Å². The lowest BCUT2D eigenvalue weighted by atomic mass is 10.0. The molecule has 0 aromatic carbocycles. The highest BCUT2D eigenvalue weighted by atomic mass is 16.3. The van der Waals surface area contributed by atoms with Crippen molar-refractivity contribution in [1.82, 2.24) is 5.32 Å². The van der Waals surface area contributed by atoms with Crippen LogP contribution in [0.5, 0.6) is 0 Å². The van der Waals surface area contributed by atoms with Gasteiger partial charge in [-0.3, -0.25) is 4.79 Å². The molecule has 3 atom stereocenters. The molecule has 0 bridgehead atoms. The monoisotopic (exact) mass is 648 g/mol. The minimum Gasteiger partial charge on any atom is -0.394 e. The molecule has 0 aliphatic rings. The Balaban J connectivity index is 3.62. The van der Waals surface area contributed by atoms with Crippen molar-refractivity contribution in [3.05, 3.63) is 36.5 Å². The Bertz CT molecular complexity index is 719. The Hall–Kier alpha value is -1.43. The van der Waals surface area contributed by atoms with E-state index in [9.17, 15) is 20.1 Å². The molecule has 1 amide bonds. The molecular weight excluding hydrogens is 570 g/mol. The number of nitrogens with one attached hydrogen (secondary N) is 1. The highest BCUT2D eigenvalue weighted by molar-refractivity contribution is 5.76. The Kier molecular flexibility index (Phi) is 35.3. The second-order valence-electron chi connectivity index (χ2n) is 13.4. The third kappa shape index (κ3) is 31.2. The van der Waals surface area contributed by atoms with Crippen molar-refractivity contribution in [3.8, 4) is 0 Å². The van der Waals surface area contributed by atoms with Gasteiger partial charge in [-0.05, 0) is 70.6 Å². The second-order valence-corrected chi connectivity index (χ2v) is 13.4. The number of hydrogen-bond donors (Lipinski definition) is 4. The van der Waals surface area contributed by atoms with Crippen molar-refractivity contribution in [2.24, 2.45) is 0 Å². The van der Waals surface area contributed by atoms with Crippen LogP contribution < -0.4 is 5.32 Å². The van der Waals surface area contributed by atoms with Crippen LogP contribution in [0, 0.1) is 0 Å². The summed E-state index contributed by atoms with van der Waals surface area (Å²) in [5.74, 6) is -0.166. The highest BCUT2D eigenvalue weighted by Gasteiger charge is 2.26. The van der Waals surface area contributed by atoms with Crippen molar-refractivity contribution in [3.63, 3.8) is 0 Å². The Morgan fingerprint density at radius 3 is 1.43 bits per heavy atom. The summed E-state index contributed by atoms with van der Waals surface area (Å²) in [4.78, 5) is 12.3. The molecule has 3 unspecified atom stereocenters. The van der Waals surface area contributed by atoms with E-state index in [1.54, 1.807) is 0 Å². The fourth-order valence-electron chi connectivity index (χ4n) is 5.88. The summed E-state index contributed by atoms with van der Waals surface area (Å²) in [5.41, 5.74) is 0. The summed E-state index contributed by atoms with van der Waals surface area (Å²) in [6.45, 7) is 4.03. The van der Waals surface area contributed by atoms with Gasteiger partial charge in [-0.2, -0.15) is 0 Å². The van der Waals surface area contributed by atoms with E-state index in [0.717, 1.165) is 51.4 Å². The van der Waals surface area contributed by atoms with Crippen LogP contribution in [-0.2, 0) is 4.79 Å². The van der Waals surface area contributed by atoms with Gasteiger partial charge in [0.1, 0.15) is 6.10 Å². The molecular formula is C41H77NO4. The van der Waals surface area contributed by atoms with E-state index >= 15 is 0 Å². The number of hydrogen-bond acceptors (Lipinski definition) is 4. The Morgan fingerprint density at radius 1 is 0.543 bits per heavy atom. The number of aliphatic hydroxyl groups excluding tert-OH is 3. The summed E-state index contributed by atoms with van der Waals surface area (Å²) in [5, 5.41) is 33.2. The minimum atomic E-state index is -1.17. The molecule has 0 rings (SSSR count). The van der Waals surface area contributed by atoms with Gasteiger partial charge in [0.2, 0.25) is 5.91 Å². The lowest BCUT2D eigenvalue weighted by Crippen LogP contribution is -2.50. The molecule has 5 nitrogen and oxygen atoms in total.